The van der Waals surface area contributed by atoms with Crippen molar-refractivity contribution in [1.82, 2.24) is 5.32 Å². The highest BCUT2D eigenvalue weighted by molar-refractivity contribution is 5.44. The van der Waals surface area contributed by atoms with E-state index in [-0.39, 0.29) is 17.0 Å². The summed E-state index contributed by atoms with van der Waals surface area (Å²) in [6, 6.07) is 2.68. The molecule has 2 rings (SSSR count). The smallest absolute Gasteiger partial charge is 0.165 e. The van der Waals surface area contributed by atoms with Gasteiger partial charge in [-0.3, -0.25) is 0 Å². The summed E-state index contributed by atoms with van der Waals surface area (Å²) in [5, 5.41) is 13.2. The Hall–Kier alpha value is -1.29. The fraction of sp³-hybridized carbons (Fsp3) is 0.500. The molecule has 1 fully saturated rings. The summed E-state index contributed by atoms with van der Waals surface area (Å²) in [5.41, 5.74) is 0.264. The molecule has 88 valence electrons. The van der Waals surface area contributed by atoms with Gasteiger partial charge < -0.3 is 15.2 Å². The average molecular weight is 225 g/mol. The van der Waals surface area contributed by atoms with Crippen molar-refractivity contribution in [3.8, 4) is 11.5 Å². The van der Waals surface area contributed by atoms with Gasteiger partial charge in [0.1, 0.15) is 5.75 Å². The maximum atomic E-state index is 13.6. The molecule has 1 heterocycles. The summed E-state index contributed by atoms with van der Waals surface area (Å²) in [4.78, 5) is 0. The Morgan fingerprint density at radius 3 is 2.81 bits per heavy atom. The third kappa shape index (κ3) is 1.73. The van der Waals surface area contributed by atoms with Crippen LogP contribution in [0.15, 0.2) is 12.1 Å². The van der Waals surface area contributed by atoms with Crippen molar-refractivity contribution in [2.45, 2.75) is 25.3 Å². The normalized spacial score (nSPS) is 24.7. The molecular formula is C12H16FNO2. The molecule has 1 aliphatic heterocycles. The minimum atomic E-state index is -0.440. The molecule has 0 aromatic heterocycles. The highest BCUT2D eigenvalue weighted by atomic mass is 19.1. The molecule has 0 saturated carbocycles. The highest BCUT2D eigenvalue weighted by Gasteiger charge is 2.33. The number of halogens is 1. The maximum Gasteiger partial charge on any atom is 0.165 e. The summed E-state index contributed by atoms with van der Waals surface area (Å²) >= 11 is 0. The number of hydrogen-bond acceptors (Lipinski definition) is 3. The Kier molecular flexibility index (Phi) is 2.76. The van der Waals surface area contributed by atoms with Crippen molar-refractivity contribution >= 4 is 0 Å². The first-order valence-corrected chi connectivity index (χ1v) is 5.39. The van der Waals surface area contributed by atoms with Crippen LogP contribution >= 0.6 is 0 Å². The standard InChI is InChI=1S/C12H16FNO2/c1-12(4-3-5-14-12)8-6-9(13)11(16-2)7-10(8)15/h6-7,14-15H,3-5H2,1-2H3. The van der Waals surface area contributed by atoms with Crippen LogP contribution in [0.4, 0.5) is 4.39 Å². The number of rotatable bonds is 2. The lowest BCUT2D eigenvalue weighted by Gasteiger charge is -2.26. The Balaban J connectivity index is 2.45. The molecule has 0 amide bonds. The molecule has 1 saturated heterocycles. The Labute approximate surface area is 94.2 Å². The van der Waals surface area contributed by atoms with Gasteiger partial charge in [0, 0.05) is 17.2 Å². The van der Waals surface area contributed by atoms with Gasteiger partial charge in [0.25, 0.3) is 0 Å². The van der Waals surface area contributed by atoms with E-state index in [1.54, 1.807) is 0 Å². The number of phenols is 1. The molecule has 2 N–H and O–H groups in total. The number of benzene rings is 1. The summed E-state index contributed by atoms with van der Waals surface area (Å²) < 4.78 is 18.4. The maximum absolute atomic E-state index is 13.6. The third-order valence-corrected chi connectivity index (χ3v) is 3.23. The second-order valence-electron chi connectivity index (χ2n) is 4.37. The summed E-state index contributed by atoms with van der Waals surface area (Å²) in [7, 11) is 1.38. The first-order valence-electron chi connectivity index (χ1n) is 5.39. The Bertz CT molecular complexity index is 400. The van der Waals surface area contributed by atoms with Crippen LogP contribution in [0.3, 0.4) is 0 Å². The highest BCUT2D eigenvalue weighted by Crippen LogP contribution is 2.38. The lowest BCUT2D eigenvalue weighted by Crippen LogP contribution is -2.33. The van der Waals surface area contributed by atoms with Gasteiger partial charge in [0.05, 0.1) is 7.11 Å². The molecule has 16 heavy (non-hydrogen) atoms. The second-order valence-corrected chi connectivity index (χ2v) is 4.37. The fourth-order valence-corrected chi connectivity index (χ4v) is 2.27. The van der Waals surface area contributed by atoms with Crippen molar-refractivity contribution in [3.05, 3.63) is 23.5 Å². The molecule has 4 heteroatoms. The van der Waals surface area contributed by atoms with Gasteiger partial charge in [-0.15, -0.1) is 0 Å². The molecule has 0 aliphatic carbocycles. The van der Waals surface area contributed by atoms with Crippen LogP contribution in [0.1, 0.15) is 25.3 Å². The Morgan fingerprint density at radius 2 is 2.25 bits per heavy atom. The molecule has 3 nitrogen and oxygen atoms in total. The zero-order chi connectivity index (χ0) is 11.8. The third-order valence-electron chi connectivity index (χ3n) is 3.23. The largest absolute Gasteiger partial charge is 0.507 e. The van der Waals surface area contributed by atoms with Crippen molar-refractivity contribution in [2.24, 2.45) is 0 Å². The zero-order valence-electron chi connectivity index (χ0n) is 9.51. The molecule has 0 radical (unpaired) electrons. The minimum Gasteiger partial charge on any atom is -0.507 e. The van der Waals surface area contributed by atoms with Gasteiger partial charge >= 0.3 is 0 Å². The molecule has 1 atom stereocenters. The van der Waals surface area contributed by atoms with Crippen LogP contribution in [0.2, 0.25) is 0 Å². The number of phenolic OH excluding ortho intramolecular Hbond substituents is 1. The zero-order valence-corrected chi connectivity index (χ0v) is 9.51. The summed E-state index contributed by atoms with van der Waals surface area (Å²) in [5.74, 6) is -0.289. The van der Waals surface area contributed by atoms with Crippen LogP contribution in [0.25, 0.3) is 0 Å². The molecule has 1 aromatic carbocycles. The molecule has 1 unspecified atom stereocenters. The van der Waals surface area contributed by atoms with E-state index >= 15 is 0 Å². The Morgan fingerprint density at radius 1 is 1.50 bits per heavy atom. The number of ether oxygens (including phenoxy) is 1. The number of nitrogens with one attached hydrogen (secondary N) is 1. The van der Waals surface area contributed by atoms with Crippen LogP contribution in [0.5, 0.6) is 11.5 Å². The van der Waals surface area contributed by atoms with E-state index in [9.17, 15) is 9.50 Å². The van der Waals surface area contributed by atoms with Gasteiger partial charge in [0.2, 0.25) is 0 Å². The van der Waals surface area contributed by atoms with E-state index in [4.69, 9.17) is 4.74 Å². The van der Waals surface area contributed by atoms with E-state index in [0.717, 1.165) is 19.4 Å². The quantitative estimate of drug-likeness (QED) is 0.810. The molecular weight excluding hydrogens is 209 g/mol. The first kappa shape index (κ1) is 11.2. The number of methoxy groups -OCH3 is 1. The van der Waals surface area contributed by atoms with E-state index < -0.39 is 5.82 Å². The number of aromatic hydroxyl groups is 1. The lowest BCUT2D eigenvalue weighted by atomic mass is 9.89. The van der Waals surface area contributed by atoms with E-state index in [2.05, 4.69) is 5.32 Å². The number of hydrogen-bond donors (Lipinski definition) is 2. The van der Waals surface area contributed by atoms with Gasteiger partial charge in [-0.2, -0.15) is 0 Å². The fourth-order valence-electron chi connectivity index (χ4n) is 2.27. The van der Waals surface area contributed by atoms with Crippen molar-refractivity contribution in [1.29, 1.82) is 0 Å². The van der Waals surface area contributed by atoms with Gasteiger partial charge in [-0.05, 0) is 32.4 Å². The van der Waals surface area contributed by atoms with Gasteiger partial charge in [-0.1, -0.05) is 0 Å². The predicted molar refractivity (Wildman–Crippen MR) is 59.2 cm³/mol. The van der Waals surface area contributed by atoms with Crippen LogP contribution in [0, 0.1) is 5.82 Å². The van der Waals surface area contributed by atoms with Crippen LogP contribution < -0.4 is 10.1 Å². The second kappa shape index (κ2) is 3.94. The molecule has 0 spiro atoms. The topological polar surface area (TPSA) is 41.5 Å². The van der Waals surface area contributed by atoms with Crippen LogP contribution in [-0.4, -0.2) is 18.8 Å². The first-order chi connectivity index (χ1) is 7.57. The van der Waals surface area contributed by atoms with Gasteiger partial charge in [0.15, 0.2) is 11.6 Å². The van der Waals surface area contributed by atoms with E-state index in [1.807, 2.05) is 6.92 Å². The van der Waals surface area contributed by atoms with Crippen LogP contribution in [-0.2, 0) is 5.54 Å². The summed E-state index contributed by atoms with van der Waals surface area (Å²) in [6.45, 7) is 2.87. The van der Waals surface area contributed by atoms with Crippen molar-refractivity contribution < 1.29 is 14.2 Å². The lowest BCUT2D eigenvalue weighted by molar-refractivity contribution is 0.364. The van der Waals surface area contributed by atoms with E-state index in [1.165, 1.54) is 19.2 Å². The van der Waals surface area contributed by atoms with Gasteiger partial charge in [-0.25, -0.2) is 4.39 Å². The molecule has 0 bridgehead atoms. The molecule has 1 aromatic rings. The minimum absolute atomic E-state index is 0.0721. The summed E-state index contributed by atoms with van der Waals surface area (Å²) in [6.07, 6.45) is 1.93. The van der Waals surface area contributed by atoms with Crippen molar-refractivity contribution in [3.63, 3.8) is 0 Å². The molecule has 1 aliphatic rings. The van der Waals surface area contributed by atoms with E-state index in [0.29, 0.717) is 5.56 Å². The SMILES string of the molecule is COc1cc(O)c(C2(C)CCCN2)cc1F. The monoisotopic (exact) mass is 225 g/mol. The predicted octanol–water partition coefficient (Wildman–Crippen LogP) is 2.14. The average Bonchev–Trinajstić information content (AvgIpc) is 2.69. The van der Waals surface area contributed by atoms with Crippen molar-refractivity contribution in [2.75, 3.05) is 13.7 Å².